The van der Waals surface area contributed by atoms with Crippen LogP contribution in [0.2, 0.25) is 0 Å². The van der Waals surface area contributed by atoms with E-state index in [4.69, 9.17) is 9.84 Å². The Balaban J connectivity index is 2.52. The normalized spacial score (nSPS) is 10.2. The van der Waals surface area contributed by atoms with Crippen molar-refractivity contribution in [3.8, 4) is 5.75 Å². The van der Waals surface area contributed by atoms with Gasteiger partial charge in [-0.25, -0.2) is 4.79 Å². The first-order valence-electron chi connectivity index (χ1n) is 5.17. The molecule has 1 rings (SSSR count). The monoisotopic (exact) mass is 491 g/mol. The van der Waals surface area contributed by atoms with Crippen molar-refractivity contribution in [1.29, 1.82) is 0 Å². The van der Waals surface area contributed by atoms with Crippen molar-refractivity contribution < 1.29 is 24.5 Å². The third kappa shape index (κ3) is 5.48. The van der Waals surface area contributed by atoms with E-state index in [1.807, 2.05) is 22.6 Å². The van der Waals surface area contributed by atoms with Gasteiger partial charge < -0.3 is 20.3 Å². The third-order valence-corrected chi connectivity index (χ3v) is 3.48. The minimum absolute atomic E-state index is 0.0648. The maximum Gasteiger partial charge on any atom is 0.329 e. The van der Waals surface area contributed by atoms with Gasteiger partial charge in [-0.05, 0) is 57.3 Å². The van der Waals surface area contributed by atoms with Crippen molar-refractivity contribution >= 4 is 57.1 Å². The Labute approximate surface area is 136 Å². The molecule has 0 aliphatic heterocycles. The second-order valence-electron chi connectivity index (χ2n) is 3.49. The van der Waals surface area contributed by atoms with Gasteiger partial charge in [-0.1, -0.05) is 0 Å². The molecule has 19 heavy (non-hydrogen) atoms. The molecule has 0 fully saturated rings. The van der Waals surface area contributed by atoms with Crippen LogP contribution >= 0.6 is 45.2 Å². The fourth-order valence-electron chi connectivity index (χ4n) is 1.23. The lowest BCUT2D eigenvalue weighted by Gasteiger charge is -2.08. The molecule has 1 aromatic carbocycles. The summed E-state index contributed by atoms with van der Waals surface area (Å²) < 4.78 is 6.21. The second kappa shape index (κ2) is 7.85. The van der Waals surface area contributed by atoms with Gasteiger partial charge in [-0.2, -0.15) is 0 Å². The van der Waals surface area contributed by atoms with Gasteiger partial charge in [0.25, 0.3) is 5.91 Å². The molecule has 0 atom stereocenters. The number of aromatic hydroxyl groups is 1. The van der Waals surface area contributed by atoms with Crippen LogP contribution in [-0.2, 0) is 9.53 Å². The number of rotatable bonds is 6. The van der Waals surface area contributed by atoms with E-state index in [2.05, 4.69) is 27.9 Å². The van der Waals surface area contributed by atoms with Crippen LogP contribution in [0.4, 0.5) is 0 Å². The van der Waals surface area contributed by atoms with Crippen LogP contribution < -0.4 is 5.32 Å². The summed E-state index contributed by atoms with van der Waals surface area (Å²) in [5, 5.41) is 20.7. The van der Waals surface area contributed by atoms with Crippen LogP contribution in [0.1, 0.15) is 10.4 Å². The zero-order chi connectivity index (χ0) is 14.4. The number of carboxylic acids is 1. The molecule has 0 saturated heterocycles. The van der Waals surface area contributed by atoms with Crippen molar-refractivity contribution in [3.63, 3.8) is 0 Å². The Morgan fingerprint density at radius 1 is 1.32 bits per heavy atom. The molecule has 0 heterocycles. The smallest absolute Gasteiger partial charge is 0.329 e. The van der Waals surface area contributed by atoms with E-state index in [0.29, 0.717) is 3.57 Å². The van der Waals surface area contributed by atoms with Crippen LogP contribution in [0, 0.1) is 7.14 Å². The molecule has 3 N–H and O–H groups in total. The number of carbonyl (C=O) groups excluding carboxylic acids is 1. The largest absolute Gasteiger partial charge is 0.506 e. The van der Waals surface area contributed by atoms with E-state index in [1.54, 1.807) is 12.1 Å². The van der Waals surface area contributed by atoms with Gasteiger partial charge in [0.2, 0.25) is 0 Å². The zero-order valence-electron chi connectivity index (χ0n) is 9.65. The molecule has 0 aliphatic carbocycles. The lowest BCUT2D eigenvalue weighted by molar-refractivity contribution is -0.142. The van der Waals surface area contributed by atoms with E-state index in [-0.39, 0.29) is 24.5 Å². The number of phenols is 1. The van der Waals surface area contributed by atoms with Gasteiger partial charge in [0.1, 0.15) is 12.4 Å². The first-order chi connectivity index (χ1) is 8.91. The van der Waals surface area contributed by atoms with Gasteiger partial charge in [0.15, 0.2) is 0 Å². The van der Waals surface area contributed by atoms with Gasteiger partial charge in [0.05, 0.1) is 15.7 Å². The number of amides is 1. The van der Waals surface area contributed by atoms with Crippen LogP contribution in [-0.4, -0.2) is 41.8 Å². The highest BCUT2D eigenvalue weighted by Gasteiger charge is 2.14. The van der Waals surface area contributed by atoms with E-state index in [1.165, 1.54) is 0 Å². The number of benzene rings is 1. The molecule has 0 unspecified atom stereocenters. The summed E-state index contributed by atoms with van der Waals surface area (Å²) in [5.74, 6) is -1.55. The molecule has 104 valence electrons. The van der Waals surface area contributed by atoms with E-state index < -0.39 is 18.5 Å². The minimum atomic E-state index is -1.06. The summed E-state index contributed by atoms with van der Waals surface area (Å²) in [5.41, 5.74) is 0.189. The number of hydrogen-bond acceptors (Lipinski definition) is 4. The van der Waals surface area contributed by atoms with Crippen LogP contribution in [0.15, 0.2) is 12.1 Å². The predicted octanol–water partition coefficient (Wildman–Crippen LogP) is 1.43. The highest BCUT2D eigenvalue weighted by atomic mass is 127. The molecule has 0 saturated carbocycles. The van der Waals surface area contributed by atoms with Crippen molar-refractivity contribution in [3.05, 3.63) is 24.8 Å². The van der Waals surface area contributed by atoms with Crippen molar-refractivity contribution in [1.82, 2.24) is 5.32 Å². The Morgan fingerprint density at radius 3 is 2.63 bits per heavy atom. The molecule has 6 nitrogen and oxygen atoms in total. The van der Waals surface area contributed by atoms with E-state index >= 15 is 0 Å². The number of aliphatic carboxylic acids is 1. The lowest BCUT2D eigenvalue weighted by Crippen LogP contribution is -2.28. The number of carbonyl (C=O) groups is 2. The number of ether oxygens (including phenoxy) is 1. The van der Waals surface area contributed by atoms with Crippen molar-refractivity contribution in [2.45, 2.75) is 0 Å². The van der Waals surface area contributed by atoms with Crippen LogP contribution in [0.25, 0.3) is 0 Å². The Kier molecular flexibility index (Phi) is 6.79. The number of halogens is 2. The SMILES string of the molecule is O=C(O)COCCNC(=O)c1cc(I)cc(I)c1O. The molecular weight excluding hydrogens is 480 g/mol. The summed E-state index contributed by atoms with van der Waals surface area (Å²) in [4.78, 5) is 22.0. The molecule has 0 bridgehead atoms. The fraction of sp³-hybridized carbons (Fsp3) is 0.273. The van der Waals surface area contributed by atoms with Gasteiger partial charge in [-0.3, -0.25) is 4.79 Å². The lowest BCUT2D eigenvalue weighted by atomic mass is 10.2. The number of nitrogens with one attached hydrogen (secondary N) is 1. The van der Waals surface area contributed by atoms with Gasteiger partial charge >= 0.3 is 5.97 Å². The van der Waals surface area contributed by atoms with Crippen molar-refractivity contribution in [2.24, 2.45) is 0 Å². The molecule has 1 amide bonds. The summed E-state index contributed by atoms with van der Waals surface area (Å²) >= 11 is 4.00. The average molecular weight is 491 g/mol. The number of carboxylic acid groups (broad SMARTS) is 1. The summed E-state index contributed by atoms with van der Waals surface area (Å²) in [7, 11) is 0. The summed E-state index contributed by atoms with van der Waals surface area (Å²) in [6, 6.07) is 3.33. The minimum Gasteiger partial charge on any atom is -0.506 e. The zero-order valence-corrected chi connectivity index (χ0v) is 14.0. The molecule has 1 aromatic rings. The van der Waals surface area contributed by atoms with Crippen LogP contribution in [0.3, 0.4) is 0 Å². The molecule has 0 aromatic heterocycles. The molecule has 0 aliphatic rings. The van der Waals surface area contributed by atoms with Crippen molar-refractivity contribution in [2.75, 3.05) is 19.8 Å². The quantitative estimate of drug-likeness (QED) is 0.414. The molecule has 0 spiro atoms. The highest BCUT2D eigenvalue weighted by molar-refractivity contribution is 14.1. The third-order valence-electron chi connectivity index (χ3n) is 2.03. The molecular formula is C11H11I2NO5. The fourth-order valence-corrected chi connectivity index (χ4v) is 3.08. The standard InChI is InChI=1S/C11H11I2NO5/c12-6-3-7(10(17)8(13)4-6)11(18)14-1-2-19-5-9(15)16/h3-4,17H,1-2,5H2,(H,14,18)(H,15,16). The second-order valence-corrected chi connectivity index (χ2v) is 5.89. The predicted molar refractivity (Wildman–Crippen MR) is 84.3 cm³/mol. The first kappa shape index (κ1) is 16.4. The highest BCUT2D eigenvalue weighted by Crippen LogP contribution is 2.26. The number of phenolic OH excluding ortho intramolecular Hbond substituents is 1. The Hall–Kier alpha value is -0.620. The molecule has 0 radical (unpaired) electrons. The van der Waals surface area contributed by atoms with Crippen LogP contribution in [0.5, 0.6) is 5.75 Å². The average Bonchev–Trinajstić information content (AvgIpc) is 2.32. The molecule has 8 heteroatoms. The summed E-state index contributed by atoms with van der Waals surface area (Å²) in [6.07, 6.45) is 0. The topological polar surface area (TPSA) is 95.9 Å². The van der Waals surface area contributed by atoms with E-state index in [9.17, 15) is 14.7 Å². The first-order valence-corrected chi connectivity index (χ1v) is 7.33. The van der Waals surface area contributed by atoms with Gasteiger partial charge in [0, 0.05) is 10.1 Å². The van der Waals surface area contributed by atoms with Gasteiger partial charge in [-0.15, -0.1) is 0 Å². The Morgan fingerprint density at radius 2 is 2.00 bits per heavy atom. The maximum absolute atomic E-state index is 11.8. The maximum atomic E-state index is 11.8. The number of hydrogen-bond donors (Lipinski definition) is 3. The summed E-state index contributed by atoms with van der Waals surface area (Å²) in [6.45, 7) is -0.129. The Bertz CT molecular complexity index is 492. The van der Waals surface area contributed by atoms with E-state index in [0.717, 1.165) is 3.57 Å².